The van der Waals surface area contributed by atoms with E-state index in [0.29, 0.717) is 18.0 Å². The van der Waals surface area contributed by atoms with Crippen molar-refractivity contribution in [2.24, 2.45) is 5.92 Å². The van der Waals surface area contributed by atoms with Crippen molar-refractivity contribution in [2.45, 2.75) is 32.5 Å². The molecule has 3 nitrogen and oxygen atoms in total. The summed E-state index contributed by atoms with van der Waals surface area (Å²) in [5.74, 6) is 0.000788. The average molecular weight is 302 g/mol. The van der Waals surface area contributed by atoms with Gasteiger partial charge < -0.3 is 10.6 Å². The molecule has 1 amide bonds. The lowest BCUT2D eigenvalue weighted by Gasteiger charge is -2.20. The monoisotopic (exact) mass is 302 g/mol. The van der Waals surface area contributed by atoms with Crippen molar-refractivity contribution >= 4 is 5.91 Å². The topological polar surface area (TPSA) is 41.1 Å². The third kappa shape index (κ3) is 7.70. The van der Waals surface area contributed by atoms with E-state index in [1.54, 1.807) is 30.3 Å². The van der Waals surface area contributed by atoms with E-state index in [2.05, 4.69) is 10.6 Å². The van der Waals surface area contributed by atoms with Gasteiger partial charge in [0.2, 0.25) is 5.91 Å². The molecule has 1 aromatic rings. The van der Waals surface area contributed by atoms with Crippen LogP contribution in [0.3, 0.4) is 0 Å². The first-order chi connectivity index (χ1) is 9.78. The van der Waals surface area contributed by atoms with Crippen LogP contribution < -0.4 is 10.6 Å². The summed E-state index contributed by atoms with van der Waals surface area (Å²) in [6, 6.07) is 7.42. The number of nitrogens with one attached hydrogen (secondary N) is 2. The van der Waals surface area contributed by atoms with Gasteiger partial charge in [-0.2, -0.15) is 13.2 Å². The molecule has 0 heterocycles. The first kappa shape index (κ1) is 17.5. The zero-order valence-corrected chi connectivity index (χ0v) is 12.2. The van der Waals surface area contributed by atoms with Gasteiger partial charge in [-0.15, -0.1) is 0 Å². The standard InChI is InChI=1S/C15H21F3N2O/c1-11(2)9-20-14(21)10-19-13(8-15(16,17)18)12-6-4-3-5-7-12/h3-7,11,13,19H,8-10H2,1-2H3,(H,20,21). The van der Waals surface area contributed by atoms with Gasteiger partial charge in [0.05, 0.1) is 13.0 Å². The molecule has 0 bridgehead atoms. The molecule has 0 aliphatic heterocycles. The zero-order valence-electron chi connectivity index (χ0n) is 12.2. The Morgan fingerprint density at radius 2 is 1.81 bits per heavy atom. The number of hydrogen-bond acceptors (Lipinski definition) is 2. The van der Waals surface area contributed by atoms with Gasteiger partial charge in [0, 0.05) is 12.6 Å². The summed E-state index contributed by atoms with van der Waals surface area (Å²) in [5.41, 5.74) is 0.520. The first-order valence-electron chi connectivity index (χ1n) is 6.89. The lowest BCUT2D eigenvalue weighted by Crippen LogP contribution is -2.38. The highest BCUT2D eigenvalue weighted by molar-refractivity contribution is 5.78. The largest absolute Gasteiger partial charge is 0.390 e. The maximum Gasteiger partial charge on any atom is 0.390 e. The fourth-order valence-corrected chi connectivity index (χ4v) is 1.82. The highest BCUT2D eigenvalue weighted by Crippen LogP contribution is 2.29. The summed E-state index contributed by atoms with van der Waals surface area (Å²) in [5, 5.41) is 5.35. The van der Waals surface area contributed by atoms with E-state index in [1.165, 1.54) is 0 Å². The summed E-state index contributed by atoms with van der Waals surface area (Å²) in [4.78, 5) is 11.6. The van der Waals surface area contributed by atoms with Crippen molar-refractivity contribution in [1.82, 2.24) is 10.6 Å². The number of alkyl halides is 3. The summed E-state index contributed by atoms with van der Waals surface area (Å²) in [6.07, 6.45) is -5.30. The number of hydrogen-bond donors (Lipinski definition) is 2. The highest BCUT2D eigenvalue weighted by Gasteiger charge is 2.32. The van der Waals surface area contributed by atoms with Gasteiger partial charge in [-0.25, -0.2) is 0 Å². The molecule has 6 heteroatoms. The van der Waals surface area contributed by atoms with Crippen LogP contribution in [0.15, 0.2) is 30.3 Å². The summed E-state index contributed by atoms with van der Waals surface area (Å²) < 4.78 is 37.9. The minimum Gasteiger partial charge on any atom is -0.355 e. The molecule has 21 heavy (non-hydrogen) atoms. The minimum atomic E-state index is -4.29. The fourth-order valence-electron chi connectivity index (χ4n) is 1.82. The normalized spacial score (nSPS) is 13.2. The Balaban J connectivity index is 2.60. The Morgan fingerprint density at radius 3 is 2.33 bits per heavy atom. The summed E-state index contributed by atoms with van der Waals surface area (Å²) in [7, 11) is 0. The molecule has 0 aliphatic rings. The second-order valence-corrected chi connectivity index (χ2v) is 5.36. The quantitative estimate of drug-likeness (QED) is 0.813. The Bertz CT molecular complexity index is 432. The lowest BCUT2D eigenvalue weighted by molar-refractivity contribution is -0.141. The second-order valence-electron chi connectivity index (χ2n) is 5.36. The van der Waals surface area contributed by atoms with Crippen LogP contribution in [-0.4, -0.2) is 25.2 Å². The van der Waals surface area contributed by atoms with Crippen molar-refractivity contribution in [2.75, 3.05) is 13.1 Å². The van der Waals surface area contributed by atoms with Gasteiger partial charge in [0.25, 0.3) is 0 Å². The summed E-state index contributed by atoms with van der Waals surface area (Å²) >= 11 is 0. The first-order valence-corrected chi connectivity index (χ1v) is 6.89. The van der Waals surface area contributed by atoms with Gasteiger partial charge in [-0.05, 0) is 11.5 Å². The van der Waals surface area contributed by atoms with E-state index < -0.39 is 18.6 Å². The van der Waals surface area contributed by atoms with Crippen molar-refractivity contribution in [3.05, 3.63) is 35.9 Å². The summed E-state index contributed by atoms with van der Waals surface area (Å²) in [6.45, 7) is 4.27. The van der Waals surface area contributed by atoms with E-state index in [4.69, 9.17) is 0 Å². The number of amides is 1. The number of rotatable bonds is 7. The number of carbonyl (C=O) groups excluding carboxylic acids is 1. The molecule has 0 spiro atoms. The molecule has 2 N–H and O–H groups in total. The molecule has 1 atom stereocenters. The van der Waals surface area contributed by atoms with Crippen molar-refractivity contribution in [1.29, 1.82) is 0 Å². The zero-order chi connectivity index (χ0) is 15.9. The van der Waals surface area contributed by atoms with Crippen molar-refractivity contribution < 1.29 is 18.0 Å². The maximum absolute atomic E-state index is 12.6. The van der Waals surface area contributed by atoms with Gasteiger partial charge >= 0.3 is 6.18 Å². The SMILES string of the molecule is CC(C)CNC(=O)CNC(CC(F)(F)F)c1ccccc1. The number of carbonyl (C=O) groups is 1. The van der Waals surface area contributed by atoms with Crippen LogP contribution in [0, 0.1) is 5.92 Å². The number of benzene rings is 1. The molecule has 0 aliphatic carbocycles. The average Bonchev–Trinajstić information content (AvgIpc) is 2.41. The van der Waals surface area contributed by atoms with Crippen LogP contribution in [0.2, 0.25) is 0 Å². The molecule has 0 fully saturated rings. The van der Waals surface area contributed by atoms with E-state index in [-0.39, 0.29) is 12.5 Å². The predicted octanol–water partition coefficient (Wildman–Crippen LogP) is 3.04. The van der Waals surface area contributed by atoms with Crippen LogP contribution >= 0.6 is 0 Å². The van der Waals surface area contributed by atoms with Gasteiger partial charge in [0.15, 0.2) is 0 Å². The van der Waals surface area contributed by atoms with E-state index in [1.807, 2.05) is 13.8 Å². The van der Waals surface area contributed by atoms with Gasteiger partial charge in [0.1, 0.15) is 0 Å². The Morgan fingerprint density at radius 1 is 1.19 bits per heavy atom. The lowest BCUT2D eigenvalue weighted by atomic mass is 10.0. The molecule has 118 valence electrons. The molecule has 1 aromatic carbocycles. The molecule has 0 aromatic heterocycles. The fraction of sp³-hybridized carbons (Fsp3) is 0.533. The molecule has 0 radical (unpaired) electrons. The van der Waals surface area contributed by atoms with Crippen LogP contribution in [0.5, 0.6) is 0 Å². The van der Waals surface area contributed by atoms with Gasteiger partial charge in [-0.1, -0.05) is 44.2 Å². The third-order valence-corrected chi connectivity index (χ3v) is 2.85. The molecule has 0 saturated carbocycles. The maximum atomic E-state index is 12.6. The number of halogens is 3. The highest BCUT2D eigenvalue weighted by atomic mass is 19.4. The van der Waals surface area contributed by atoms with Crippen molar-refractivity contribution in [3.8, 4) is 0 Å². The van der Waals surface area contributed by atoms with Crippen LogP contribution in [0.4, 0.5) is 13.2 Å². The minimum absolute atomic E-state index is 0.137. The Hall–Kier alpha value is -1.56. The smallest absolute Gasteiger partial charge is 0.355 e. The van der Waals surface area contributed by atoms with Crippen LogP contribution in [0.1, 0.15) is 31.9 Å². The second kappa shape index (κ2) is 8.02. The molecule has 1 unspecified atom stereocenters. The Labute approximate surface area is 122 Å². The molecular weight excluding hydrogens is 281 g/mol. The van der Waals surface area contributed by atoms with E-state index in [9.17, 15) is 18.0 Å². The van der Waals surface area contributed by atoms with Crippen LogP contribution in [-0.2, 0) is 4.79 Å². The molecular formula is C15H21F3N2O. The molecule has 1 rings (SSSR count). The van der Waals surface area contributed by atoms with Crippen molar-refractivity contribution in [3.63, 3.8) is 0 Å². The molecule has 0 saturated heterocycles. The van der Waals surface area contributed by atoms with Gasteiger partial charge in [-0.3, -0.25) is 4.79 Å². The predicted molar refractivity (Wildman–Crippen MR) is 75.7 cm³/mol. The van der Waals surface area contributed by atoms with E-state index in [0.717, 1.165) is 0 Å². The van der Waals surface area contributed by atoms with E-state index >= 15 is 0 Å². The third-order valence-electron chi connectivity index (χ3n) is 2.85. The van der Waals surface area contributed by atoms with Crippen LogP contribution in [0.25, 0.3) is 0 Å². The Kier molecular flexibility index (Phi) is 6.68.